The molecule has 1 saturated heterocycles. The molecule has 1 aliphatic rings. The minimum atomic E-state index is 0.0559. The highest BCUT2D eigenvalue weighted by Gasteiger charge is 2.33. The number of furan rings is 1. The maximum atomic E-state index is 9.25. The van der Waals surface area contributed by atoms with Crippen LogP contribution in [0.1, 0.15) is 18.6 Å². The van der Waals surface area contributed by atoms with Crippen LogP contribution in [0.2, 0.25) is 5.02 Å². The molecule has 1 unspecified atom stereocenters. The molecule has 0 saturated carbocycles. The molecule has 2 N–H and O–H groups in total. The van der Waals surface area contributed by atoms with Gasteiger partial charge in [0.05, 0.1) is 13.2 Å². The first kappa shape index (κ1) is 16.5. The predicted molar refractivity (Wildman–Crippen MR) is 90.4 cm³/mol. The molecule has 0 spiro atoms. The van der Waals surface area contributed by atoms with E-state index in [9.17, 15) is 5.11 Å². The van der Waals surface area contributed by atoms with Gasteiger partial charge < -0.3 is 19.6 Å². The summed E-state index contributed by atoms with van der Waals surface area (Å²) >= 11 is 5.91. The van der Waals surface area contributed by atoms with Crippen molar-refractivity contribution in [1.29, 1.82) is 0 Å². The van der Waals surface area contributed by atoms with Gasteiger partial charge in [-0.15, -0.1) is 0 Å². The molecule has 1 aromatic carbocycles. The maximum Gasteiger partial charge on any atom is 0.134 e. The zero-order valence-electron chi connectivity index (χ0n) is 13.1. The Morgan fingerprint density at radius 2 is 2.00 bits per heavy atom. The van der Waals surface area contributed by atoms with Gasteiger partial charge in [-0.3, -0.25) is 0 Å². The molecule has 1 fully saturated rings. The molecule has 0 bridgehead atoms. The highest BCUT2D eigenvalue weighted by Crippen LogP contribution is 2.31. The van der Waals surface area contributed by atoms with Crippen LogP contribution in [0.25, 0.3) is 11.3 Å². The van der Waals surface area contributed by atoms with Crippen molar-refractivity contribution in [2.75, 3.05) is 26.4 Å². The van der Waals surface area contributed by atoms with Crippen LogP contribution in [0.4, 0.5) is 0 Å². The molecule has 1 aliphatic heterocycles. The number of rotatable bonds is 7. The summed E-state index contributed by atoms with van der Waals surface area (Å²) in [7, 11) is 0. The molecule has 3 rings (SSSR count). The van der Waals surface area contributed by atoms with Crippen molar-refractivity contribution in [3.05, 3.63) is 47.2 Å². The van der Waals surface area contributed by atoms with Crippen molar-refractivity contribution in [2.24, 2.45) is 5.41 Å². The molecule has 1 aromatic heterocycles. The van der Waals surface area contributed by atoms with Crippen LogP contribution < -0.4 is 5.32 Å². The van der Waals surface area contributed by atoms with Crippen LogP contribution >= 0.6 is 11.6 Å². The Bertz CT molecular complexity index is 617. The molecule has 2 aromatic rings. The first-order valence-corrected chi connectivity index (χ1v) is 8.33. The Morgan fingerprint density at radius 1 is 1.17 bits per heavy atom. The average molecular weight is 336 g/mol. The number of benzene rings is 1. The highest BCUT2D eigenvalue weighted by atomic mass is 35.5. The first-order chi connectivity index (χ1) is 11.2. The van der Waals surface area contributed by atoms with Crippen LogP contribution in [0, 0.1) is 5.41 Å². The van der Waals surface area contributed by atoms with Gasteiger partial charge in [0.25, 0.3) is 0 Å². The van der Waals surface area contributed by atoms with E-state index in [4.69, 9.17) is 20.8 Å². The Balaban J connectivity index is 1.56. The highest BCUT2D eigenvalue weighted by molar-refractivity contribution is 6.30. The lowest BCUT2D eigenvalue weighted by atomic mass is 9.84. The molecule has 0 amide bonds. The summed E-state index contributed by atoms with van der Waals surface area (Å²) in [5.74, 6) is 1.74. The maximum absolute atomic E-state index is 9.25. The fourth-order valence-electron chi connectivity index (χ4n) is 3.00. The van der Waals surface area contributed by atoms with E-state index in [1.54, 1.807) is 0 Å². The summed E-state index contributed by atoms with van der Waals surface area (Å²) in [6.45, 7) is 3.19. The summed E-state index contributed by atoms with van der Waals surface area (Å²) in [6.07, 6.45) is 1.77. The van der Waals surface area contributed by atoms with E-state index in [0.717, 1.165) is 54.7 Å². The van der Waals surface area contributed by atoms with E-state index in [-0.39, 0.29) is 12.0 Å². The quantitative estimate of drug-likeness (QED) is 0.813. The second kappa shape index (κ2) is 7.49. The van der Waals surface area contributed by atoms with Gasteiger partial charge in [0, 0.05) is 35.8 Å². The largest absolute Gasteiger partial charge is 0.460 e. The van der Waals surface area contributed by atoms with E-state index < -0.39 is 0 Å². The molecule has 0 aliphatic carbocycles. The average Bonchev–Trinajstić information content (AvgIpc) is 3.19. The number of hydrogen-bond donors (Lipinski definition) is 2. The SMILES string of the molecule is OCCC1(CNCc2ccc(-c3ccc(Cl)cc3)o2)CCOC1. The van der Waals surface area contributed by atoms with Gasteiger partial charge in [0.2, 0.25) is 0 Å². The van der Waals surface area contributed by atoms with E-state index in [1.807, 2.05) is 36.4 Å². The summed E-state index contributed by atoms with van der Waals surface area (Å²) < 4.78 is 11.4. The molecule has 124 valence electrons. The lowest BCUT2D eigenvalue weighted by molar-refractivity contribution is 0.124. The van der Waals surface area contributed by atoms with E-state index in [0.29, 0.717) is 6.54 Å². The zero-order chi connectivity index (χ0) is 16.1. The molecule has 23 heavy (non-hydrogen) atoms. The Hall–Kier alpha value is -1.33. The lowest BCUT2D eigenvalue weighted by Gasteiger charge is -2.26. The second-order valence-corrected chi connectivity index (χ2v) is 6.59. The molecular weight excluding hydrogens is 314 g/mol. The Morgan fingerprint density at radius 3 is 2.70 bits per heavy atom. The molecule has 0 radical (unpaired) electrons. The molecule has 4 nitrogen and oxygen atoms in total. The van der Waals surface area contributed by atoms with Crippen molar-refractivity contribution >= 4 is 11.6 Å². The van der Waals surface area contributed by atoms with Gasteiger partial charge >= 0.3 is 0 Å². The second-order valence-electron chi connectivity index (χ2n) is 6.15. The first-order valence-electron chi connectivity index (χ1n) is 7.95. The summed E-state index contributed by atoms with van der Waals surface area (Å²) in [6, 6.07) is 11.6. The van der Waals surface area contributed by atoms with Gasteiger partial charge in [-0.2, -0.15) is 0 Å². The molecule has 5 heteroatoms. The standard InChI is InChI=1S/C18H22ClNO3/c19-15-3-1-14(2-4-15)17-6-5-16(23-17)11-20-12-18(7-9-21)8-10-22-13-18/h1-6,20-21H,7-13H2. The number of aliphatic hydroxyl groups excluding tert-OH is 1. The number of hydrogen-bond acceptors (Lipinski definition) is 4. The van der Waals surface area contributed by atoms with Gasteiger partial charge in [-0.25, -0.2) is 0 Å². The fourth-order valence-corrected chi connectivity index (χ4v) is 3.13. The van der Waals surface area contributed by atoms with Crippen LogP contribution in [-0.2, 0) is 11.3 Å². The minimum Gasteiger partial charge on any atom is -0.460 e. The number of ether oxygens (including phenoxy) is 1. The van der Waals surface area contributed by atoms with Crippen molar-refractivity contribution in [1.82, 2.24) is 5.32 Å². The molecule has 1 atom stereocenters. The molecular formula is C18H22ClNO3. The van der Waals surface area contributed by atoms with Crippen LogP contribution in [0.15, 0.2) is 40.8 Å². The topological polar surface area (TPSA) is 54.6 Å². The Labute approximate surface area is 141 Å². The fraction of sp³-hybridized carbons (Fsp3) is 0.444. The Kier molecular flexibility index (Phi) is 5.38. The van der Waals surface area contributed by atoms with E-state index >= 15 is 0 Å². The van der Waals surface area contributed by atoms with Gasteiger partial charge in [-0.05, 0) is 49.2 Å². The summed E-state index contributed by atoms with van der Waals surface area (Å²) in [5, 5.41) is 13.4. The number of halogens is 1. The smallest absolute Gasteiger partial charge is 0.134 e. The predicted octanol–water partition coefficient (Wildman–Crippen LogP) is 3.48. The third-order valence-corrected chi connectivity index (χ3v) is 4.67. The molecule has 2 heterocycles. The summed E-state index contributed by atoms with van der Waals surface area (Å²) in [4.78, 5) is 0. The van der Waals surface area contributed by atoms with E-state index in [1.165, 1.54) is 0 Å². The zero-order valence-corrected chi connectivity index (χ0v) is 13.8. The van der Waals surface area contributed by atoms with Crippen molar-refractivity contribution < 1.29 is 14.3 Å². The summed E-state index contributed by atoms with van der Waals surface area (Å²) in [5.41, 5.74) is 1.07. The van der Waals surface area contributed by atoms with Gasteiger partial charge in [0.1, 0.15) is 11.5 Å². The normalized spacial score (nSPS) is 21.0. The minimum absolute atomic E-state index is 0.0559. The number of aliphatic hydroxyl groups is 1. The monoisotopic (exact) mass is 335 g/mol. The van der Waals surface area contributed by atoms with Crippen molar-refractivity contribution in [2.45, 2.75) is 19.4 Å². The van der Waals surface area contributed by atoms with Crippen LogP contribution in [0.3, 0.4) is 0 Å². The lowest BCUT2D eigenvalue weighted by Crippen LogP contribution is -2.35. The number of nitrogens with one attached hydrogen (secondary N) is 1. The van der Waals surface area contributed by atoms with Gasteiger partial charge in [-0.1, -0.05) is 11.6 Å². The van der Waals surface area contributed by atoms with Crippen LogP contribution in [-0.4, -0.2) is 31.5 Å². The van der Waals surface area contributed by atoms with Gasteiger partial charge in [0.15, 0.2) is 0 Å². The third kappa shape index (κ3) is 4.15. The third-order valence-electron chi connectivity index (χ3n) is 4.42. The van der Waals surface area contributed by atoms with Crippen LogP contribution in [0.5, 0.6) is 0 Å². The van der Waals surface area contributed by atoms with Crippen molar-refractivity contribution in [3.63, 3.8) is 0 Å². The van der Waals surface area contributed by atoms with E-state index in [2.05, 4.69) is 5.32 Å². The van der Waals surface area contributed by atoms with Crippen molar-refractivity contribution in [3.8, 4) is 11.3 Å².